The van der Waals surface area contributed by atoms with Crippen LogP contribution in [0.4, 0.5) is 0 Å². The fourth-order valence-electron chi connectivity index (χ4n) is 3.83. The number of hydrogen-bond donors (Lipinski definition) is 1. The van der Waals surface area contributed by atoms with Crippen molar-refractivity contribution in [3.05, 3.63) is 108 Å². The Morgan fingerprint density at radius 1 is 0.750 bits per heavy atom. The first-order valence-corrected chi connectivity index (χ1v) is 14.4. The van der Waals surface area contributed by atoms with Crippen molar-refractivity contribution < 1.29 is 19.4 Å². The van der Waals surface area contributed by atoms with Crippen LogP contribution in [0.25, 0.3) is 20.4 Å². The fourth-order valence-corrected chi connectivity index (χ4v) is 5.50. The Kier molecular flexibility index (Phi) is 8.21. The van der Waals surface area contributed by atoms with Crippen molar-refractivity contribution in [3.8, 4) is 21.9 Å². The number of hydrogen-bond acceptors (Lipinski definition) is 8. The van der Waals surface area contributed by atoms with Crippen molar-refractivity contribution in [2.45, 2.75) is 32.8 Å². The molecular formula is C32H28N2O4S2. The number of thiazole rings is 2. The van der Waals surface area contributed by atoms with Crippen LogP contribution in [0.15, 0.2) is 97.1 Å². The lowest BCUT2D eigenvalue weighted by atomic mass is 9.93. The van der Waals surface area contributed by atoms with E-state index in [0.29, 0.717) is 28.1 Å². The minimum Gasteiger partial charge on any atom is -0.431 e. The molecule has 6 rings (SSSR count). The summed E-state index contributed by atoms with van der Waals surface area (Å²) in [5, 5.41) is 11.5. The van der Waals surface area contributed by atoms with Gasteiger partial charge in [0, 0.05) is 5.56 Å². The molecule has 1 unspecified atom stereocenters. The molecule has 0 aliphatic heterocycles. The van der Waals surface area contributed by atoms with E-state index in [1.165, 1.54) is 22.7 Å². The van der Waals surface area contributed by atoms with E-state index in [9.17, 15) is 9.90 Å². The van der Waals surface area contributed by atoms with Crippen molar-refractivity contribution in [1.82, 2.24) is 9.97 Å². The van der Waals surface area contributed by atoms with Crippen LogP contribution in [0.1, 0.15) is 43.1 Å². The number of fused-ring (bicyclic) bond motifs is 2. The SMILES string of the molecule is CC(=O)c1ccc(Oc2nc3ccccc3s2)cc1.CCC(C)(O)c1ccc(Oc2nc3ccccc3s2)cc1. The summed E-state index contributed by atoms with van der Waals surface area (Å²) in [5.41, 5.74) is 2.65. The number of Topliss-reactive ketones (excluding diaryl/α,β-unsaturated/α-hetero) is 1. The normalized spacial score (nSPS) is 12.4. The second kappa shape index (κ2) is 12.0. The second-order valence-corrected chi connectivity index (χ2v) is 11.3. The van der Waals surface area contributed by atoms with Crippen LogP contribution in [-0.2, 0) is 5.60 Å². The van der Waals surface area contributed by atoms with Crippen molar-refractivity contribution in [3.63, 3.8) is 0 Å². The van der Waals surface area contributed by atoms with Crippen LogP contribution in [-0.4, -0.2) is 20.9 Å². The van der Waals surface area contributed by atoms with E-state index in [4.69, 9.17) is 9.47 Å². The number of ether oxygens (including phenoxy) is 2. The highest BCUT2D eigenvalue weighted by Crippen LogP contribution is 2.33. The summed E-state index contributed by atoms with van der Waals surface area (Å²) in [7, 11) is 0. The summed E-state index contributed by atoms with van der Waals surface area (Å²) < 4.78 is 13.7. The molecule has 40 heavy (non-hydrogen) atoms. The van der Waals surface area contributed by atoms with E-state index in [1.54, 1.807) is 31.2 Å². The van der Waals surface area contributed by atoms with Gasteiger partial charge in [-0.1, -0.05) is 66.0 Å². The lowest BCUT2D eigenvalue weighted by molar-refractivity contribution is 0.0530. The lowest BCUT2D eigenvalue weighted by Crippen LogP contribution is -2.19. The first-order chi connectivity index (χ1) is 19.3. The second-order valence-electron chi connectivity index (χ2n) is 9.33. The molecule has 8 heteroatoms. The Hall–Kier alpha value is -4.11. The molecule has 0 aliphatic rings. The van der Waals surface area contributed by atoms with Gasteiger partial charge in [0.25, 0.3) is 10.4 Å². The molecule has 0 saturated carbocycles. The average Bonchev–Trinajstić information content (AvgIpc) is 3.57. The number of carbonyl (C=O) groups excluding carboxylic acids is 1. The van der Waals surface area contributed by atoms with E-state index < -0.39 is 5.60 Å². The van der Waals surface area contributed by atoms with Gasteiger partial charge >= 0.3 is 0 Å². The highest BCUT2D eigenvalue weighted by atomic mass is 32.1. The van der Waals surface area contributed by atoms with Gasteiger partial charge in [-0.3, -0.25) is 4.79 Å². The number of carbonyl (C=O) groups is 1. The maximum atomic E-state index is 11.2. The zero-order chi connectivity index (χ0) is 28.1. The average molecular weight is 569 g/mol. The molecule has 0 spiro atoms. The van der Waals surface area contributed by atoms with Crippen LogP contribution in [0.5, 0.6) is 21.9 Å². The van der Waals surface area contributed by atoms with Gasteiger partial charge in [-0.05, 0) is 86.5 Å². The maximum Gasteiger partial charge on any atom is 0.279 e. The predicted molar refractivity (Wildman–Crippen MR) is 162 cm³/mol. The van der Waals surface area contributed by atoms with E-state index >= 15 is 0 Å². The third kappa shape index (κ3) is 6.54. The summed E-state index contributed by atoms with van der Waals surface area (Å²) >= 11 is 3.03. The van der Waals surface area contributed by atoms with Gasteiger partial charge in [0.2, 0.25) is 0 Å². The highest BCUT2D eigenvalue weighted by Gasteiger charge is 2.20. The first-order valence-electron chi connectivity index (χ1n) is 12.8. The fraction of sp³-hybridized carbons (Fsp3) is 0.156. The summed E-state index contributed by atoms with van der Waals surface area (Å²) in [6, 6.07) is 30.5. The van der Waals surface area contributed by atoms with Crippen molar-refractivity contribution in [2.24, 2.45) is 0 Å². The molecule has 1 atom stereocenters. The highest BCUT2D eigenvalue weighted by molar-refractivity contribution is 7.20. The Balaban J connectivity index is 0.000000162. The van der Waals surface area contributed by atoms with Crippen LogP contribution in [0.2, 0.25) is 0 Å². The maximum absolute atomic E-state index is 11.2. The molecule has 0 bridgehead atoms. The zero-order valence-corrected chi connectivity index (χ0v) is 24.0. The Bertz CT molecular complexity index is 1670. The molecule has 0 radical (unpaired) electrons. The van der Waals surface area contributed by atoms with Gasteiger partial charge < -0.3 is 14.6 Å². The standard InChI is InChI=1S/C17H17NO2S.C15H11NO2S/c1-3-17(2,19)12-8-10-13(11-9-12)20-16-18-14-6-4-5-7-15(14)21-16;1-10(17)11-6-8-12(9-7-11)18-15-16-13-4-2-3-5-14(13)19-15/h4-11,19H,3H2,1-2H3;2-9H,1H3. The van der Waals surface area contributed by atoms with E-state index in [2.05, 4.69) is 9.97 Å². The smallest absolute Gasteiger partial charge is 0.279 e. The molecule has 4 aromatic carbocycles. The molecule has 6 aromatic rings. The zero-order valence-electron chi connectivity index (χ0n) is 22.3. The molecule has 1 N–H and O–H groups in total. The number of para-hydroxylation sites is 2. The monoisotopic (exact) mass is 568 g/mol. The van der Waals surface area contributed by atoms with Gasteiger partial charge in [-0.15, -0.1) is 0 Å². The quantitative estimate of drug-likeness (QED) is 0.194. The number of rotatable bonds is 7. The molecule has 0 amide bonds. The van der Waals surface area contributed by atoms with Crippen LogP contribution >= 0.6 is 22.7 Å². The Labute approximate surface area is 240 Å². The Morgan fingerprint density at radius 3 is 1.62 bits per heavy atom. The van der Waals surface area contributed by atoms with Crippen LogP contribution in [0.3, 0.4) is 0 Å². The van der Waals surface area contributed by atoms with E-state index in [-0.39, 0.29) is 5.78 Å². The topological polar surface area (TPSA) is 81.5 Å². The van der Waals surface area contributed by atoms with Crippen LogP contribution in [0, 0.1) is 0 Å². The molecule has 0 fully saturated rings. The number of ketones is 1. The summed E-state index contributed by atoms with van der Waals surface area (Å²) in [5.74, 6) is 1.46. The third-order valence-corrected chi connectivity index (χ3v) is 8.21. The summed E-state index contributed by atoms with van der Waals surface area (Å²) in [6.45, 7) is 5.32. The van der Waals surface area contributed by atoms with Gasteiger partial charge in [0.05, 0.1) is 26.0 Å². The molecule has 6 nitrogen and oxygen atoms in total. The van der Waals surface area contributed by atoms with E-state index in [0.717, 1.165) is 31.7 Å². The largest absolute Gasteiger partial charge is 0.431 e. The first kappa shape index (κ1) is 27.5. The molecule has 0 aliphatic carbocycles. The number of benzene rings is 4. The summed E-state index contributed by atoms with van der Waals surface area (Å²) in [4.78, 5) is 20.0. The van der Waals surface area contributed by atoms with Gasteiger partial charge in [0.15, 0.2) is 5.78 Å². The lowest BCUT2D eigenvalue weighted by Gasteiger charge is -2.21. The van der Waals surface area contributed by atoms with Crippen LogP contribution < -0.4 is 9.47 Å². The van der Waals surface area contributed by atoms with Gasteiger partial charge in [-0.2, -0.15) is 0 Å². The molecule has 0 saturated heterocycles. The van der Waals surface area contributed by atoms with E-state index in [1.807, 2.05) is 86.6 Å². The number of aromatic nitrogens is 2. The van der Waals surface area contributed by atoms with Gasteiger partial charge in [-0.25, -0.2) is 9.97 Å². The Morgan fingerprint density at radius 2 is 1.20 bits per heavy atom. The molecule has 2 heterocycles. The minimum absolute atomic E-state index is 0.0477. The minimum atomic E-state index is -0.797. The predicted octanol–water partition coefficient (Wildman–Crippen LogP) is 9.00. The number of nitrogens with zero attached hydrogens (tertiary/aromatic N) is 2. The third-order valence-electron chi connectivity index (χ3n) is 6.38. The molecular weight excluding hydrogens is 540 g/mol. The molecule has 202 valence electrons. The summed E-state index contributed by atoms with van der Waals surface area (Å²) in [6.07, 6.45) is 0.672. The van der Waals surface area contributed by atoms with Crippen molar-refractivity contribution in [2.75, 3.05) is 0 Å². The number of aliphatic hydroxyl groups is 1. The van der Waals surface area contributed by atoms with Gasteiger partial charge in [0.1, 0.15) is 11.5 Å². The van der Waals surface area contributed by atoms with Crippen molar-refractivity contribution in [1.29, 1.82) is 0 Å². The molecule has 2 aromatic heterocycles. The van der Waals surface area contributed by atoms with Crippen molar-refractivity contribution >= 4 is 48.9 Å².